The molecule has 0 aliphatic heterocycles. The van der Waals surface area contributed by atoms with Crippen LogP contribution >= 0.6 is 11.6 Å². The second-order valence-corrected chi connectivity index (χ2v) is 5.53. The molecule has 0 fully saturated rings. The summed E-state index contributed by atoms with van der Waals surface area (Å²) in [7, 11) is 0. The predicted molar refractivity (Wildman–Crippen MR) is 87.9 cm³/mol. The molecule has 1 heterocycles. The van der Waals surface area contributed by atoms with E-state index in [0.29, 0.717) is 23.0 Å². The lowest BCUT2D eigenvalue weighted by molar-refractivity contribution is -0.385. The molecule has 0 saturated carbocycles. The van der Waals surface area contributed by atoms with Crippen LogP contribution in [0.25, 0.3) is 0 Å². The maximum atomic E-state index is 12.6. The number of nitro groups is 1. The lowest BCUT2D eigenvalue weighted by Gasteiger charge is -2.09. The number of nitrogens with zero attached hydrogens (tertiary/aromatic N) is 3. The highest BCUT2D eigenvalue weighted by atomic mass is 35.5. The van der Waals surface area contributed by atoms with E-state index in [1.165, 1.54) is 6.07 Å². The number of hydrogen-bond donors (Lipinski definition) is 1. The number of benzene rings is 1. The molecule has 0 saturated heterocycles. The lowest BCUT2D eigenvalue weighted by Crippen LogP contribution is -2.07. The van der Waals surface area contributed by atoms with Gasteiger partial charge in [0.1, 0.15) is 0 Å². The van der Waals surface area contributed by atoms with Crippen LogP contribution in [0.4, 0.5) is 24.7 Å². The van der Waals surface area contributed by atoms with Crippen LogP contribution in [0.1, 0.15) is 23.6 Å². The first-order valence-electron chi connectivity index (χ1n) is 6.88. The minimum absolute atomic E-state index is 0.0577. The van der Waals surface area contributed by atoms with Crippen molar-refractivity contribution in [3.8, 4) is 0 Å². The summed E-state index contributed by atoms with van der Waals surface area (Å²) < 4.78 is 37.7. The van der Waals surface area contributed by atoms with Crippen molar-refractivity contribution in [1.82, 2.24) is 4.98 Å². The highest BCUT2D eigenvalue weighted by Crippen LogP contribution is 2.32. The maximum Gasteiger partial charge on any atom is 0.417 e. The molecule has 0 spiro atoms. The molecule has 1 aromatic heterocycles. The van der Waals surface area contributed by atoms with Crippen molar-refractivity contribution in [3.63, 3.8) is 0 Å². The smallest absolute Gasteiger partial charge is 0.260 e. The molecule has 2 aromatic rings. The highest BCUT2D eigenvalue weighted by Gasteiger charge is 2.31. The summed E-state index contributed by atoms with van der Waals surface area (Å²) in [4.78, 5) is 14.0. The average molecular weight is 373 g/mol. The summed E-state index contributed by atoms with van der Waals surface area (Å²) in [6.45, 7) is 3.19. The molecule has 25 heavy (non-hydrogen) atoms. The Morgan fingerprint density at radius 3 is 2.60 bits per heavy atom. The second-order valence-electron chi connectivity index (χ2n) is 5.12. The average Bonchev–Trinajstić information content (AvgIpc) is 2.52. The number of hydrogen-bond acceptors (Lipinski definition) is 5. The van der Waals surface area contributed by atoms with E-state index in [1.54, 1.807) is 26.0 Å². The number of rotatable bonds is 4. The number of hydrazone groups is 1. The van der Waals surface area contributed by atoms with Crippen molar-refractivity contribution in [1.29, 1.82) is 0 Å². The lowest BCUT2D eigenvalue weighted by atomic mass is 10.1. The summed E-state index contributed by atoms with van der Waals surface area (Å²) in [5.74, 6) is -0.0596. The Labute approximate surface area is 145 Å². The van der Waals surface area contributed by atoms with Crippen molar-refractivity contribution in [2.24, 2.45) is 5.10 Å². The van der Waals surface area contributed by atoms with Gasteiger partial charge in [0.25, 0.3) is 5.69 Å². The van der Waals surface area contributed by atoms with E-state index in [-0.39, 0.29) is 16.5 Å². The van der Waals surface area contributed by atoms with Gasteiger partial charge in [0.15, 0.2) is 5.82 Å². The summed E-state index contributed by atoms with van der Waals surface area (Å²) in [6, 6.07) is 5.32. The molecule has 10 heteroatoms. The molecule has 1 N–H and O–H groups in total. The van der Waals surface area contributed by atoms with E-state index < -0.39 is 16.7 Å². The first-order chi connectivity index (χ1) is 11.6. The van der Waals surface area contributed by atoms with Crippen molar-refractivity contribution in [2.75, 3.05) is 5.43 Å². The molecular formula is C15H12ClF3N4O2. The third-order valence-corrected chi connectivity index (χ3v) is 3.61. The molecule has 0 unspecified atom stereocenters. The quantitative estimate of drug-likeness (QED) is 0.474. The Hall–Kier alpha value is -2.68. The molecule has 1 aromatic carbocycles. The van der Waals surface area contributed by atoms with Crippen molar-refractivity contribution < 1.29 is 18.1 Å². The summed E-state index contributed by atoms with van der Waals surface area (Å²) in [6.07, 6.45) is -3.91. The number of anilines is 1. The number of alkyl halides is 3. The van der Waals surface area contributed by atoms with Crippen molar-refractivity contribution in [2.45, 2.75) is 20.0 Å². The first-order valence-corrected chi connectivity index (χ1v) is 7.26. The van der Waals surface area contributed by atoms with Gasteiger partial charge >= 0.3 is 6.18 Å². The molecule has 0 aliphatic rings. The zero-order valence-electron chi connectivity index (χ0n) is 13.1. The van der Waals surface area contributed by atoms with E-state index in [1.807, 2.05) is 0 Å². The van der Waals surface area contributed by atoms with Gasteiger partial charge in [-0.1, -0.05) is 23.7 Å². The standard InChI is InChI=1S/C15H12ClF3N4O2/c1-8-3-4-10(5-13(8)23(24)25)9(2)21-22-14-12(16)6-11(7-20-14)15(17,18)19/h3-7H,1-2H3,(H,20,22)/b21-9+. The predicted octanol–water partition coefficient (Wildman–Crippen LogP) is 4.81. The fraction of sp³-hybridized carbons (Fsp3) is 0.200. The van der Waals surface area contributed by atoms with E-state index >= 15 is 0 Å². The van der Waals surface area contributed by atoms with Gasteiger partial charge in [0.2, 0.25) is 0 Å². The van der Waals surface area contributed by atoms with Crippen LogP contribution in [0.3, 0.4) is 0 Å². The van der Waals surface area contributed by atoms with Gasteiger partial charge in [0, 0.05) is 23.4 Å². The molecule has 2 rings (SSSR count). The zero-order valence-corrected chi connectivity index (χ0v) is 13.8. The summed E-state index contributed by atoms with van der Waals surface area (Å²) in [5.41, 5.74) is 2.79. The number of aryl methyl sites for hydroxylation is 1. The Morgan fingerprint density at radius 1 is 1.36 bits per heavy atom. The van der Waals surface area contributed by atoms with Crippen LogP contribution in [0.15, 0.2) is 35.6 Å². The number of nitro benzene ring substituents is 1. The summed E-state index contributed by atoms with van der Waals surface area (Å²) >= 11 is 5.77. The van der Waals surface area contributed by atoms with Crippen LogP contribution in [0.5, 0.6) is 0 Å². The topological polar surface area (TPSA) is 80.4 Å². The van der Waals surface area contributed by atoms with E-state index in [9.17, 15) is 23.3 Å². The van der Waals surface area contributed by atoms with Crippen LogP contribution < -0.4 is 5.43 Å². The van der Waals surface area contributed by atoms with E-state index in [2.05, 4.69) is 15.5 Å². The first kappa shape index (κ1) is 18.7. The van der Waals surface area contributed by atoms with Crippen molar-refractivity contribution >= 4 is 28.8 Å². The maximum absolute atomic E-state index is 12.6. The van der Waals surface area contributed by atoms with Crippen LogP contribution in [-0.2, 0) is 6.18 Å². The number of aromatic nitrogens is 1. The Kier molecular flexibility index (Phi) is 5.27. The van der Waals surface area contributed by atoms with Crippen LogP contribution in [0.2, 0.25) is 5.02 Å². The fourth-order valence-corrected chi connectivity index (χ4v) is 2.12. The number of pyridine rings is 1. The Bertz CT molecular complexity index is 853. The molecule has 0 radical (unpaired) electrons. The molecule has 0 atom stereocenters. The van der Waals surface area contributed by atoms with Crippen LogP contribution in [0, 0.1) is 17.0 Å². The van der Waals surface area contributed by atoms with E-state index in [0.717, 1.165) is 6.07 Å². The fourth-order valence-electron chi connectivity index (χ4n) is 1.91. The molecule has 0 amide bonds. The third kappa shape index (κ3) is 4.44. The van der Waals surface area contributed by atoms with Crippen LogP contribution in [-0.4, -0.2) is 15.6 Å². The molecule has 132 valence electrons. The third-order valence-electron chi connectivity index (χ3n) is 3.32. The largest absolute Gasteiger partial charge is 0.417 e. The second kappa shape index (κ2) is 7.06. The van der Waals surface area contributed by atoms with Gasteiger partial charge in [-0.3, -0.25) is 15.5 Å². The monoisotopic (exact) mass is 372 g/mol. The molecule has 0 bridgehead atoms. The van der Waals surface area contributed by atoms with Gasteiger partial charge in [-0.05, 0) is 19.9 Å². The van der Waals surface area contributed by atoms with Gasteiger partial charge in [-0.2, -0.15) is 18.3 Å². The molecular weight excluding hydrogens is 361 g/mol. The highest BCUT2D eigenvalue weighted by molar-refractivity contribution is 6.33. The zero-order chi connectivity index (χ0) is 18.8. The molecule has 6 nitrogen and oxygen atoms in total. The minimum Gasteiger partial charge on any atom is -0.260 e. The van der Waals surface area contributed by atoms with E-state index in [4.69, 9.17) is 11.6 Å². The van der Waals surface area contributed by atoms with Gasteiger partial charge in [-0.25, -0.2) is 4.98 Å². The number of halogens is 4. The van der Waals surface area contributed by atoms with Crippen molar-refractivity contribution in [3.05, 3.63) is 62.3 Å². The van der Waals surface area contributed by atoms with Gasteiger partial charge in [0.05, 0.1) is 21.2 Å². The summed E-state index contributed by atoms with van der Waals surface area (Å²) in [5, 5.41) is 14.7. The van der Waals surface area contributed by atoms with Gasteiger partial charge in [-0.15, -0.1) is 0 Å². The molecule has 0 aliphatic carbocycles. The van der Waals surface area contributed by atoms with Gasteiger partial charge < -0.3 is 0 Å². The normalized spacial score (nSPS) is 12.2. The number of nitrogens with one attached hydrogen (secondary N) is 1. The minimum atomic E-state index is -4.55. The Balaban J connectivity index is 2.25. The Morgan fingerprint density at radius 2 is 2.04 bits per heavy atom. The SMILES string of the molecule is C/C(=N\Nc1ncc(C(F)(F)F)cc1Cl)c1ccc(C)c([N+](=O)[O-])c1.